The molecule has 3 rings (SSSR count). The lowest BCUT2D eigenvalue weighted by atomic mass is 10.1. The minimum absolute atomic E-state index is 0.0136. The summed E-state index contributed by atoms with van der Waals surface area (Å²) < 4.78 is 28.5. The molecule has 1 aliphatic heterocycles. The van der Waals surface area contributed by atoms with E-state index >= 15 is 0 Å². The van der Waals surface area contributed by atoms with E-state index in [0.717, 1.165) is 5.56 Å². The maximum Gasteiger partial charge on any atom is 0.271 e. The zero-order chi connectivity index (χ0) is 19.8. The van der Waals surface area contributed by atoms with Crippen LogP contribution in [-0.4, -0.2) is 49.2 Å². The predicted molar refractivity (Wildman–Crippen MR) is 103 cm³/mol. The van der Waals surface area contributed by atoms with E-state index in [0.29, 0.717) is 30.8 Å². The van der Waals surface area contributed by atoms with Crippen LogP contribution < -0.4 is 0 Å². The first-order valence-electron chi connectivity index (χ1n) is 8.73. The molecule has 7 nitrogen and oxygen atoms in total. The topological polar surface area (TPSA) is 83.8 Å². The van der Waals surface area contributed by atoms with Crippen molar-refractivity contribution >= 4 is 15.7 Å². The van der Waals surface area contributed by atoms with Gasteiger partial charge in [-0.1, -0.05) is 30.3 Å². The predicted octanol–water partition coefficient (Wildman–Crippen LogP) is 2.89. The second-order valence-electron chi connectivity index (χ2n) is 6.95. The van der Waals surface area contributed by atoms with Crippen molar-refractivity contribution in [3.05, 3.63) is 69.3 Å². The molecule has 0 N–H and O–H groups in total. The Kier molecular flexibility index (Phi) is 5.32. The Hall–Kier alpha value is -2.29. The number of nitrogens with zero attached hydrogens (tertiary/aromatic N) is 3. The van der Waals surface area contributed by atoms with Crippen LogP contribution >= 0.6 is 0 Å². The Labute approximate surface area is 159 Å². The summed E-state index contributed by atoms with van der Waals surface area (Å²) in [7, 11) is -1.93. The first-order valence-corrected chi connectivity index (χ1v) is 10.2. The van der Waals surface area contributed by atoms with Gasteiger partial charge in [-0.25, -0.2) is 8.42 Å². The van der Waals surface area contributed by atoms with Gasteiger partial charge in [0.25, 0.3) is 5.69 Å². The van der Waals surface area contributed by atoms with E-state index in [1.165, 1.54) is 16.4 Å². The Bertz CT molecular complexity index is 960. The summed E-state index contributed by atoms with van der Waals surface area (Å²) in [5.74, 6) is 0. The first kappa shape index (κ1) is 19.5. The van der Waals surface area contributed by atoms with Gasteiger partial charge in [0.2, 0.25) is 10.0 Å². The van der Waals surface area contributed by atoms with E-state index in [4.69, 9.17) is 0 Å². The quantitative estimate of drug-likeness (QED) is 0.593. The molecular formula is C19H23N3O4S. The Balaban J connectivity index is 2.11. The molecule has 0 amide bonds. The lowest BCUT2D eigenvalue weighted by Crippen LogP contribution is -2.49. The maximum atomic E-state index is 13.5. The fourth-order valence-corrected chi connectivity index (χ4v) is 5.36. The molecule has 1 saturated heterocycles. The highest BCUT2D eigenvalue weighted by Crippen LogP contribution is 2.34. The van der Waals surface area contributed by atoms with Gasteiger partial charge in [0.1, 0.15) is 0 Å². The summed E-state index contributed by atoms with van der Waals surface area (Å²) in [4.78, 5) is 12.8. The number of sulfonamides is 1. The molecule has 1 heterocycles. The Morgan fingerprint density at radius 3 is 2.41 bits per heavy atom. The van der Waals surface area contributed by atoms with Crippen LogP contribution in [0.4, 0.5) is 5.69 Å². The summed E-state index contributed by atoms with van der Waals surface area (Å²) in [6.07, 6.45) is 0. The second kappa shape index (κ2) is 7.38. The van der Waals surface area contributed by atoms with Crippen molar-refractivity contribution in [1.29, 1.82) is 0 Å². The monoisotopic (exact) mass is 389 g/mol. The van der Waals surface area contributed by atoms with Gasteiger partial charge >= 0.3 is 0 Å². The molecule has 0 saturated carbocycles. The van der Waals surface area contributed by atoms with Crippen LogP contribution in [-0.2, 0) is 10.0 Å². The molecular weight excluding hydrogens is 366 g/mol. The maximum absolute atomic E-state index is 13.5. The Morgan fingerprint density at radius 2 is 1.78 bits per heavy atom. The molecule has 2 aromatic rings. The van der Waals surface area contributed by atoms with Gasteiger partial charge in [-0.05, 0) is 37.6 Å². The van der Waals surface area contributed by atoms with Crippen LogP contribution in [0.15, 0.2) is 47.4 Å². The molecule has 0 aliphatic carbocycles. The molecule has 2 aromatic carbocycles. The van der Waals surface area contributed by atoms with E-state index < -0.39 is 14.9 Å². The zero-order valence-corrected chi connectivity index (χ0v) is 16.4. The van der Waals surface area contributed by atoms with Crippen LogP contribution in [0, 0.1) is 24.0 Å². The molecule has 0 radical (unpaired) electrons. The SMILES string of the molecule is Cc1cc([N+](=O)[O-])cc(S(=O)(=O)N2CCN(C)CC2c2ccccc2)c1C. The van der Waals surface area contributed by atoms with Gasteiger partial charge in [0.15, 0.2) is 0 Å². The van der Waals surface area contributed by atoms with Crippen molar-refractivity contribution in [3.8, 4) is 0 Å². The van der Waals surface area contributed by atoms with Crippen LogP contribution in [0.25, 0.3) is 0 Å². The molecule has 1 atom stereocenters. The van der Waals surface area contributed by atoms with Crippen molar-refractivity contribution in [2.75, 3.05) is 26.7 Å². The molecule has 144 valence electrons. The summed E-state index contributed by atoms with van der Waals surface area (Å²) >= 11 is 0. The van der Waals surface area contributed by atoms with Crippen molar-refractivity contribution in [2.24, 2.45) is 0 Å². The molecule has 1 unspecified atom stereocenters. The van der Waals surface area contributed by atoms with E-state index in [1.54, 1.807) is 13.8 Å². The van der Waals surface area contributed by atoms with E-state index in [-0.39, 0.29) is 16.6 Å². The van der Waals surface area contributed by atoms with Gasteiger partial charge < -0.3 is 4.90 Å². The van der Waals surface area contributed by atoms with Crippen molar-refractivity contribution < 1.29 is 13.3 Å². The molecule has 8 heteroatoms. The van der Waals surface area contributed by atoms with Gasteiger partial charge in [0.05, 0.1) is 15.9 Å². The number of aryl methyl sites for hydroxylation is 1. The van der Waals surface area contributed by atoms with E-state index in [1.807, 2.05) is 37.4 Å². The highest BCUT2D eigenvalue weighted by atomic mass is 32.2. The number of rotatable bonds is 4. The summed E-state index contributed by atoms with van der Waals surface area (Å²) in [6.45, 7) is 4.89. The number of hydrogen-bond donors (Lipinski definition) is 0. The average molecular weight is 389 g/mol. The van der Waals surface area contributed by atoms with Gasteiger partial charge in [-0.15, -0.1) is 0 Å². The number of hydrogen-bond acceptors (Lipinski definition) is 5. The fourth-order valence-electron chi connectivity index (χ4n) is 3.45. The van der Waals surface area contributed by atoms with Crippen molar-refractivity contribution in [3.63, 3.8) is 0 Å². The van der Waals surface area contributed by atoms with Crippen LogP contribution in [0.3, 0.4) is 0 Å². The smallest absolute Gasteiger partial charge is 0.271 e. The second-order valence-corrected chi connectivity index (χ2v) is 8.81. The average Bonchev–Trinajstić information content (AvgIpc) is 2.64. The lowest BCUT2D eigenvalue weighted by molar-refractivity contribution is -0.385. The van der Waals surface area contributed by atoms with Gasteiger partial charge in [0, 0.05) is 31.8 Å². The number of nitro groups is 1. The van der Waals surface area contributed by atoms with Crippen LogP contribution in [0.5, 0.6) is 0 Å². The minimum Gasteiger partial charge on any atom is -0.303 e. The van der Waals surface area contributed by atoms with Gasteiger partial charge in [-0.3, -0.25) is 10.1 Å². The highest BCUT2D eigenvalue weighted by molar-refractivity contribution is 7.89. The fraction of sp³-hybridized carbons (Fsp3) is 0.368. The highest BCUT2D eigenvalue weighted by Gasteiger charge is 2.37. The first-order chi connectivity index (χ1) is 12.7. The van der Waals surface area contributed by atoms with Crippen molar-refractivity contribution in [1.82, 2.24) is 9.21 Å². The summed E-state index contributed by atoms with van der Waals surface area (Å²) in [6, 6.07) is 11.7. The zero-order valence-electron chi connectivity index (χ0n) is 15.6. The Morgan fingerprint density at radius 1 is 1.11 bits per heavy atom. The summed E-state index contributed by atoms with van der Waals surface area (Å²) in [5, 5.41) is 11.2. The molecule has 1 fully saturated rings. The molecule has 0 bridgehead atoms. The number of non-ortho nitro benzene ring substituents is 1. The standard InChI is InChI=1S/C19H23N3O4S/c1-14-11-17(22(23)24)12-19(15(14)2)27(25,26)21-10-9-20(3)13-18(21)16-7-5-4-6-8-16/h4-8,11-12,18H,9-10,13H2,1-3H3. The third-order valence-electron chi connectivity index (χ3n) is 5.12. The van der Waals surface area contributed by atoms with E-state index in [2.05, 4.69) is 4.90 Å². The lowest BCUT2D eigenvalue weighted by Gasteiger charge is -2.39. The third-order valence-corrected chi connectivity index (χ3v) is 7.15. The number of nitro benzene ring substituents is 1. The third kappa shape index (κ3) is 3.73. The van der Waals surface area contributed by atoms with Crippen molar-refractivity contribution in [2.45, 2.75) is 24.8 Å². The molecule has 1 aliphatic rings. The normalized spacial score (nSPS) is 19.1. The van der Waals surface area contributed by atoms with Gasteiger partial charge in [-0.2, -0.15) is 4.31 Å². The van der Waals surface area contributed by atoms with Crippen LogP contribution in [0.2, 0.25) is 0 Å². The molecule has 0 spiro atoms. The number of piperazine rings is 1. The molecule has 27 heavy (non-hydrogen) atoms. The number of benzene rings is 2. The molecule has 0 aromatic heterocycles. The van der Waals surface area contributed by atoms with Crippen LogP contribution in [0.1, 0.15) is 22.7 Å². The van der Waals surface area contributed by atoms with E-state index in [9.17, 15) is 18.5 Å². The number of likely N-dealkylation sites (N-methyl/N-ethyl adjacent to an activating group) is 1. The largest absolute Gasteiger partial charge is 0.303 e. The summed E-state index contributed by atoms with van der Waals surface area (Å²) in [5.41, 5.74) is 1.84. The minimum atomic E-state index is -3.89.